The summed E-state index contributed by atoms with van der Waals surface area (Å²) in [6.07, 6.45) is 5.09. The van der Waals surface area contributed by atoms with Gasteiger partial charge in [-0.15, -0.1) is 0 Å². The summed E-state index contributed by atoms with van der Waals surface area (Å²) in [5, 5.41) is 0. The van der Waals surface area contributed by atoms with Crippen molar-refractivity contribution in [3.8, 4) is 11.5 Å². The first-order chi connectivity index (χ1) is 13.1. The van der Waals surface area contributed by atoms with Crippen LogP contribution in [-0.4, -0.2) is 25.8 Å². The van der Waals surface area contributed by atoms with Crippen LogP contribution < -0.4 is 9.47 Å². The summed E-state index contributed by atoms with van der Waals surface area (Å²) >= 11 is 0. The Hall–Kier alpha value is -2.88. The summed E-state index contributed by atoms with van der Waals surface area (Å²) in [6.45, 7) is 0. The average Bonchev–Trinajstić information content (AvgIpc) is 2.73. The predicted octanol–water partition coefficient (Wildman–Crippen LogP) is 4.89. The molecule has 1 aliphatic rings. The minimum absolute atomic E-state index is 0.00452. The molecule has 0 aromatic heterocycles. The van der Waals surface area contributed by atoms with Gasteiger partial charge in [0.2, 0.25) is 0 Å². The number of rotatable bonds is 7. The van der Waals surface area contributed by atoms with Crippen LogP contribution in [0.3, 0.4) is 0 Å². The van der Waals surface area contributed by atoms with Crippen molar-refractivity contribution >= 4 is 11.6 Å². The first-order valence-corrected chi connectivity index (χ1v) is 9.18. The van der Waals surface area contributed by atoms with Gasteiger partial charge in [0.05, 0.1) is 14.2 Å². The highest BCUT2D eigenvalue weighted by atomic mass is 16.5. The number of hydrogen-bond acceptors (Lipinski definition) is 4. The summed E-state index contributed by atoms with van der Waals surface area (Å²) in [5.74, 6) is 1.46. The fourth-order valence-corrected chi connectivity index (χ4v) is 3.46. The first kappa shape index (κ1) is 18.9. The number of ketones is 2. The maximum Gasteiger partial charge on any atom is 0.188 e. The summed E-state index contributed by atoms with van der Waals surface area (Å²) in [6, 6.07) is 14.2. The highest BCUT2D eigenvalue weighted by molar-refractivity contribution is 6.09. The lowest BCUT2D eigenvalue weighted by atomic mass is 9.80. The van der Waals surface area contributed by atoms with Crippen LogP contribution in [-0.2, 0) is 0 Å². The van der Waals surface area contributed by atoms with Crippen LogP contribution in [0.1, 0.15) is 46.4 Å². The molecule has 0 radical (unpaired) electrons. The number of carbonyl (C=O) groups is 2. The van der Waals surface area contributed by atoms with Gasteiger partial charge in [0.15, 0.2) is 11.6 Å². The molecule has 2 aromatic rings. The Balaban J connectivity index is 1.75. The second-order valence-corrected chi connectivity index (χ2v) is 6.70. The molecule has 0 N–H and O–H groups in total. The van der Waals surface area contributed by atoms with E-state index in [1.807, 2.05) is 6.08 Å². The van der Waals surface area contributed by atoms with E-state index in [1.54, 1.807) is 62.8 Å². The molecular formula is C23H24O4. The van der Waals surface area contributed by atoms with Gasteiger partial charge in [-0.2, -0.15) is 0 Å². The molecule has 27 heavy (non-hydrogen) atoms. The Morgan fingerprint density at radius 3 is 2.00 bits per heavy atom. The molecule has 0 fully saturated rings. The zero-order valence-corrected chi connectivity index (χ0v) is 15.7. The zero-order chi connectivity index (χ0) is 19.2. The average molecular weight is 364 g/mol. The van der Waals surface area contributed by atoms with Gasteiger partial charge in [-0.05, 0) is 79.3 Å². The van der Waals surface area contributed by atoms with Crippen molar-refractivity contribution in [1.29, 1.82) is 0 Å². The summed E-state index contributed by atoms with van der Waals surface area (Å²) in [4.78, 5) is 25.7. The highest BCUT2D eigenvalue weighted by Crippen LogP contribution is 2.31. The maximum absolute atomic E-state index is 13.0. The number of benzene rings is 2. The van der Waals surface area contributed by atoms with E-state index in [9.17, 15) is 9.59 Å². The first-order valence-electron chi connectivity index (χ1n) is 9.18. The Kier molecular flexibility index (Phi) is 6.07. The van der Waals surface area contributed by atoms with Gasteiger partial charge in [-0.25, -0.2) is 0 Å². The highest BCUT2D eigenvalue weighted by Gasteiger charge is 2.26. The SMILES string of the molecule is COc1ccc(C(=O)CC2CCCC=C2C(=O)c2ccc(OC)cc2)cc1. The Labute approximate surface area is 159 Å². The van der Waals surface area contributed by atoms with E-state index in [0.29, 0.717) is 17.5 Å². The number of carbonyl (C=O) groups excluding carboxylic acids is 2. The second kappa shape index (κ2) is 8.67. The normalized spacial score (nSPS) is 16.4. The monoisotopic (exact) mass is 364 g/mol. The van der Waals surface area contributed by atoms with Crippen LogP contribution in [0, 0.1) is 5.92 Å². The number of methoxy groups -OCH3 is 2. The van der Waals surface area contributed by atoms with Gasteiger partial charge in [0.1, 0.15) is 11.5 Å². The van der Waals surface area contributed by atoms with Crippen molar-refractivity contribution in [3.05, 3.63) is 71.3 Å². The molecule has 0 saturated heterocycles. The van der Waals surface area contributed by atoms with Gasteiger partial charge < -0.3 is 9.47 Å². The minimum Gasteiger partial charge on any atom is -0.497 e. The molecule has 0 amide bonds. The molecule has 1 aliphatic carbocycles. The molecule has 4 heteroatoms. The van der Waals surface area contributed by atoms with Gasteiger partial charge in [-0.1, -0.05) is 6.08 Å². The van der Waals surface area contributed by atoms with E-state index in [4.69, 9.17) is 9.47 Å². The predicted molar refractivity (Wildman–Crippen MR) is 105 cm³/mol. The van der Waals surface area contributed by atoms with Crippen molar-refractivity contribution < 1.29 is 19.1 Å². The molecule has 2 aromatic carbocycles. The molecular weight excluding hydrogens is 340 g/mol. The molecule has 0 saturated carbocycles. The minimum atomic E-state index is -0.0389. The van der Waals surface area contributed by atoms with Crippen LogP contribution in [0.4, 0.5) is 0 Å². The third-order valence-corrected chi connectivity index (χ3v) is 5.02. The van der Waals surface area contributed by atoms with E-state index in [-0.39, 0.29) is 17.5 Å². The van der Waals surface area contributed by atoms with Crippen LogP contribution in [0.2, 0.25) is 0 Å². The molecule has 1 atom stereocenters. The van der Waals surface area contributed by atoms with Gasteiger partial charge in [0, 0.05) is 17.5 Å². The van der Waals surface area contributed by atoms with Crippen LogP contribution in [0.15, 0.2) is 60.2 Å². The van der Waals surface area contributed by atoms with E-state index in [2.05, 4.69) is 0 Å². The fourth-order valence-electron chi connectivity index (χ4n) is 3.46. The molecule has 0 bridgehead atoms. The molecule has 0 spiro atoms. The number of allylic oxidation sites excluding steroid dienone is 2. The molecule has 0 aliphatic heterocycles. The van der Waals surface area contributed by atoms with E-state index in [0.717, 1.165) is 36.3 Å². The largest absolute Gasteiger partial charge is 0.497 e. The zero-order valence-electron chi connectivity index (χ0n) is 15.7. The second-order valence-electron chi connectivity index (χ2n) is 6.70. The number of hydrogen-bond donors (Lipinski definition) is 0. The summed E-state index contributed by atoms with van der Waals surface area (Å²) in [5.41, 5.74) is 2.04. The van der Waals surface area contributed by atoms with Crippen LogP contribution in [0.25, 0.3) is 0 Å². The molecule has 4 nitrogen and oxygen atoms in total. The lowest BCUT2D eigenvalue weighted by molar-refractivity contribution is 0.0953. The smallest absolute Gasteiger partial charge is 0.188 e. The quantitative estimate of drug-likeness (QED) is 0.657. The van der Waals surface area contributed by atoms with Crippen LogP contribution >= 0.6 is 0 Å². The third kappa shape index (κ3) is 4.45. The standard InChI is InChI=1S/C23H24O4/c1-26-19-11-7-16(8-12-19)22(24)15-18-5-3-4-6-21(18)23(25)17-9-13-20(27-2)14-10-17/h6-14,18H,3-5,15H2,1-2H3. The molecule has 3 rings (SSSR count). The van der Waals surface area contributed by atoms with Crippen molar-refractivity contribution in [1.82, 2.24) is 0 Å². The van der Waals surface area contributed by atoms with Gasteiger partial charge in [0.25, 0.3) is 0 Å². The lowest BCUT2D eigenvalue weighted by Crippen LogP contribution is -2.20. The van der Waals surface area contributed by atoms with Crippen molar-refractivity contribution in [2.75, 3.05) is 14.2 Å². The number of Topliss-reactive ketones (excluding diaryl/α,β-unsaturated/α-hetero) is 2. The molecule has 0 heterocycles. The molecule has 1 unspecified atom stereocenters. The number of ether oxygens (including phenoxy) is 2. The van der Waals surface area contributed by atoms with Gasteiger partial charge in [-0.3, -0.25) is 9.59 Å². The van der Waals surface area contributed by atoms with E-state index >= 15 is 0 Å². The lowest BCUT2D eigenvalue weighted by Gasteiger charge is -2.23. The Morgan fingerprint density at radius 2 is 1.44 bits per heavy atom. The van der Waals surface area contributed by atoms with Crippen molar-refractivity contribution in [2.45, 2.75) is 25.7 Å². The van der Waals surface area contributed by atoms with Crippen molar-refractivity contribution in [3.63, 3.8) is 0 Å². The summed E-state index contributed by atoms with van der Waals surface area (Å²) in [7, 11) is 3.20. The van der Waals surface area contributed by atoms with Crippen molar-refractivity contribution in [2.24, 2.45) is 5.92 Å². The molecule has 140 valence electrons. The maximum atomic E-state index is 13.0. The van der Waals surface area contributed by atoms with Gasteiger partial charge >= 0.3 is 0 Å². The fraction of sp³-hybridized carbons (Fsp3) is 0.304. The van der Waals surface area contributed by atoms with Crippen LogP contribution in [0.5, 0.6) is 11.5 Å². The topological polar surface area (TPSA) is 52.6 Å². The third-order valence-electron chi connectivity index (χ3n) is 5.02. The Morgan fingerprint density at radius 1 is 0.889 bits per heavy atom. The van der Waals surface area contributed by atoms with E-state index < -0.39 is 0 Å². The summed E-state index contributed by atoms with van der Waals surface area (Å²) < 4.78 is 10.3. The van der Waals surface area contributed by atoms with E-state index in [1.165, 1.54) is 0 Å². The Bertz CT molecular complexity index is 832.